The van der Waals surface area contributed by atoms with Crippen LogP contribution in [0, 0.1) is 19.3 Å². The molecule has 0 spiro atoms. The number of aromatic nitrogens is 4. The molecular weight excluding hydrogens is 558 g/mol. The number of anilines is 3. The molecule has 6 rings (SSSR count). The third kappa shape index (κ3) is 5.03. The Morgan fingerprint density at radius 1 is 1.19 bits per heavy atom. The van der Waals surface area contributed by atoms with Gasteiger partial charge in [-0.3, -0.25) is 14.8 Å². The lowest BCUT2D eigenvalue weighted by molar-refractivity contribution is -0.113. The van der Waals surface area contributed by atoms with Gasteiger partial charge in [0.25, 0.3) is 11.8 Å². The number of nitrogens with one attached hydrogen (secondary N) is 2. The normalized spacial score (nSPS) is 16.2. The number of carbonyl (C=O) groups is 1. The summed E-state index contributed by atoms with van der Waals surface area (Å²) in [4.78, 5) is 30.6. The van der Waals surface area contributed by atoms with Crippen LogP contribution < -0.4 is 15.0 Å². The van der Waals surface area contributed by atoms with Gasteiger partial charge in [0.2, 0.25) is 0 Å². The smallest absolute Gasteiger partial charge is 0.282 e. The number of amides is 1. The number of hydrogen-bond donors (Lipinski definition) is 2. The maximum atomic E-state index is 13.6. The molecule has 2 aliphatic heterocycles. The van der Waals surface area contributed by atoms with Crippen LogP contribution in [-0.2, 0) is 11.8 Å². The van der Waals surface area contributed by atoms with Crippen LogP contribution >= 0.6 is 0 Å². The molecule has 0 saturated carbocycles. The summed E-state index contributed by atoms with van der Waals surface area (Å²) >= 11 is 0. The number of pyridine rings is 3. The van der Waals surface area contributed by atoms with Crippen LogP contribution in [0.25, 0.3) is 22.2 Å². The number of morpholine rings is 1. The minimum absolute atomic E-state index is 0.352. The Morgan fingerprint density at radius 3 is 2.60 bits per heavy atom. The highest BCUT2D eigenvalue weighted by Gasteiger charge is 2.47. The van der Waals surface area contributed by atoms with Crippen LogP contribution in [0.4, 0.5) is 26.1 Å². The monoisotopic (exact) mass is 590 g/mol. The molecule has 0 bridgehead atoms. The van der Waals surface area contributed by atoms with E-state index in [1.807, 2.05) is 26.0 Å². The maximum Gasteiger partial charge on any atom is 0.282 e. The van der Waals surface area contributed by atoms with E-state index in [0.717, 1.165) is 10.9 Å². The first-order valence-electron chi connectivity index (χ1n) is 13.9. The van der Waals surface area contributed by atoms with Crippen molar-refractivity contribution in [3.63, 3.8) is 0 Å². The molecule has 0 unspecified atom stereocenters. The SMILES string of the molecule is COc1ccncc1-c1cc(Nc2cc3c(c(N4CCOCC4)n2)c(C)c(C(=O)N2CC(F)(F)C2)n3C)c(C=N)c(C)n1. The van der Waals surface area contributed by atoms with Crippen molar-refractivity contribution < 1.29 is 23.0 Å². The molecular formula is C30H32F2N8O3. The molecule has 6 heterocycles. The van der Waals surface area contributed by atoms with Gasteiger partial charge in [-0.2, -0.15) is 0 Å². The molecule has 0 aromatic carbocycles. The second-order valence-electron chi connectivity index (χ2n) is 10.8. The molecule has 0 atom stereocenters. The van der Waals surface area contributed by atoms with Crippen molar-refractivity contribution in [3.8, 4) is 17.0 Å². The number of ether oxygens (including phenoxy) is 2. The molecule has 2 saturated heterocycles. The Kier molecular flexibility index (Phi) is 7.20. The fraction of sp³-hybridized carbons (Fsp3) is 0.367. The van der Waals surface area contributed by atoms with Crippen molar-refractivity contribution >= 4 is 40.3 Å². The summed E-state index contributed by atoms with van der Waals surface area (Å²) in [6.07, 6.45) is 4.55. The quantitative estimate of drug-likeness (QED) is 0.305. The van der Waals surface area contributed by atoms with Gasteiger partial charge >= 0.3 is 0 Å². The molecule has 2 N–H and O–H groups in total. The molecule has 4 aromatic heterocycles. The molecule has 224 valence electrons. The Balaban J connectivity index is 1.48. The number of fused-ring (bicyclic) bond motifs is 1. The van der Waals surface area contributed by atoms with Crippen molar-refractivity contribution in [2.24, 2.45) is 7.05 Å². The van der Waals surface area contributed by atoms with Crippen molar-refractivity contribution in [1.82, 2.24) is 24.4 Å². The van der Waals surface area contributed by atoms with Crippen LogP contribution in [-0.4, -0.2) is 89.0 Å². The van der Waals surface area contributed by atoms with Crippen molar-refractivity contribution in [3.05, 3.63) is 53.1 Å². The molecule has 2 aliphatic rings. The average Bonchev–Trinajstić information content (AvgIpc) is 3.24. The third-order valence-corrected chi connectivity index (χ3v) is 7.98. The Bertz CT molecular complexity index is 1740. The number of methoxy groups -OCH3 is 1. The standard InChI is InChI=1S/C30H32F2N8O3/c1-17-26-23(38(3)27(17)29(41)40-15-30(31,32)16-40)12-25(37-28(26)39-7-9-43-10-8-39)36-21-11-22(35-18(2)19(21)13-33)20-14-34-6-5-24(20)42-4/h5-6,11-14,33H,7-10,15-16H2,1-4H3,(H,35,36,37). The van der Waals surface area contributed by atoms with Crippen LogP contribution in [0.15, 0.2) is 30.6 Å². The van der Waals surface area contributed by atoms with Gasteiger partial charge in [-0.05, 0) is 31.5 Å². The Labute approximate surface area is 247 Å². The first-order valence-corrected chi connectivity index (χ1v) is 13.9. The van der Waals surface area contributed by atoms with Crippen molar-refractivity contribution in [1.29, 1.82) is 5.41 Å². The highest BCUT2D eigenvalue weighted by atomic mass is 19.3. The molecule has 13 heteroatoms. The lowest BCUT2D eigenvalue weighted by Gasteiger charge is -2.38. The number of nitrogens with zero attached hydrogens (tertiary/aromatic N) is 6. The number of rotatable bonds is 7. The lowest BCUT2D eigenvalue weighted by Crippen LogP contribution is -2.58. The molecule has 11 nitrogen and oxygen atoms in total. The van der Waals surface area contributed by atoms with Crippen molar-refractivity contribution in [2.45, 2.75) is 19.8 Å². The topological polar surface area (TPSA) is 121 Å². The van der Waals surface area contributed by atoms with E-state index in [4.69, 9.17) is 24.9 Å². The average molecular weight is 591 g/mol. The first-order chi connectivity index (χ1) is 20.6. The predicted octanol–water partition coefficient (Wildman–Crippen LogP) is 4.32. The molecule has 43 heavy (non-hydrogen) atoms. The van der Waals surface area contributed by atoms with E-state index in [9.17, 15) is 13.6 Å². The minimum Gasteiger partial charge on any atom is -0.496 e. The Hall–Kier alpha value is -4.65. The van der Waals surface area contributed by atoms with Crippen LogP contribution in [0.1, 0.15) is 27.3 Å². The summed E-state index contributed by atoms with van der Waals surface area (Å²) in [6, 6.07) is 5.41. The van der Waals surface area contributed by atoms with E-state index in [2.05, 4.69) is 15.2 Å². The summed E-state index contributed by atoms with van der Waals surface area (Å²) in [5.74, 6) is -1.53. The largest absolute Gasteiger partial charge is 0.496 e. The molecule has 2 fully saturated rings. The summed E-state index contributed by atoms with van der Waals surface area (Å²) in [5.41, 5.74) is 4.89. The Morgan fingerprint density at radius 2 is 1.93 bits per heavy atom. The van der Waals surface area contributed by atoms with E-state index in [1.165, 1.54) is 11.1 Å². The highest BCUT2D eigenvalue weighted by Crippen LogP contribution is 2.38. The maximum absolute atomic E-state index is 13.6. The zero-order chi connectivity index (χ0) is 30.5. The van der Waals surface area contributed by atoms with E-state index in [-0.39, 0.29) is 0 Å². The summed E-state index contributed by atoms with van der Waals surface area (Å²) in [6.45, 7) is 4.74. The van der Waals surface area contributed by atoms with Gasteiger partial charge in [0.1, 0.15) is 23.1 Å². The van der Waals surface area contributed by atoms with Crippen LogP contribution in [0.2, 0.25) is 0 Å². The molecule has 4 aromatic rings. The molecule has 1 amide bonds. The predicted molar refractivity (Wildman–Crippen MR) is 159 cm³/mol. The number of aryl methyl sites for hydroxylation is 3. The first kappa shape index (κ1) is 28.5. The number of alkyl halides is 2. The van der Waals surface area contributed by atoms with Gasteiger partial charge in [-0.1, -0.05) is 0 Å². The second kappa shape index (κ2) is 10.9. The van der Waals surface area contributed by atoms with Gasteiger partial charge < -0.3 is 34.6 Å². The number of carbonyl (C=O) groups excluding carboxylic acids is 1. The number of halogens is 2. The number of hydrogen-bond acceptors (Lipinski definition) is 9. The fourth-order valence-corrected chi connectivity index (χ4v) is 5.81. The summed E-state index contributed by atoms with van der Waals surface area (Å²) < 4.78 is 40.1. The lowest BCUT2D eigenvalue weighted by atomic mass is 10.1. The minimum atomic E-state index is -2.86. The summed E-state index contributed by atoms with van der Waals surface area (Å²) in [7, 11) is 3.34. The molecule has 0 radical (unpaired) electrons. The van der Waals surface area contributed by atoms with E-state index in [0.29, 0.717) is 83.1 Å². The fourth-order valence-electron chi connectivity index (χ4n) is 5.81. The molecule has 0 aliphatic carbocycles. The van der Waals surface area contributed by atoms with Gasteiger partial charge in [-0.15, -0.1) is 0 Å². The van der Waals surface area contributed by atoms with Crippen molar-refractivity contribution in [2.75, 3.05) is 56.7 Å². The van der Waals surface area contributed by atoms with Gasteiger partial charge in [0.05, 0.1) is 55.9 Å². The van der Waals surface area contributed by atoms with E-state index in [1.54, 1.807) is 37.2 Å². The zero-order valence-electron chi connectivity index (χ0n) is 24.4. The van der Waals surface area contributed by atoms with E-state index >= 15 is 0 Å². The van der Waals surface area contributed by atoms with Gasteiger partial charge in [-0.25, -0.2) is 13.8 Å². The summed E-state index contributed by atoms with van der Waals surface area (Å²) in [5, 5.41) is 12.3. The highest BCUT2D eigenvalue weighted by molar-refractivity contribution is 6.06. The van der Waals surface area contributed by atoms with Gasteiger partial charge in [0.15, 0.2) is 0 Å². The van der Waals surface area contributed by atoms with Crippen LogP contribution in [0.3, 0.4) is 0 Å². The third-order valence-electron chi connectivity index (χ3n) is 7.98. The van der Waals surface area contributed by atoms with Crippen LogP contribution in [0.5, 0.6) is 5.75 Å². The second-order valence-corrected chi connectivity index (χ2v) is 10.8. The zero-order valence-corrected chi connectivity index (χ0v) is 24.4. The van der Waals surface area contributed by atoms with E-state index < -0.39 is 24.9 Å². The van der Waals surface area contributed by atoms with Gasteiger partial charge in [0, 0.05) is 61.5 Å². The number of likely N-dealkylation sites (tertiary alicyclic amines) is 1.